The molecule has 1 aliphatic rings. The molecular weight excluding hydrogens is 260 g/mol. The number of likely N-dealkylation sites (N-methyl/N-ethyl adjacent to an activating group) is 1. The van der Waals surface area contributed by atoms with Gasteiger partial charge in [-0.25, -0.2) is 12.7 Å². The molecule has 106 valence electrons. The molecule has 2 rings (SSSR count). The van der Waals surface area contributed by atoms with Crippen LogP contribution in [0.2, 0.25) is 0 Å². The Balaban J connectivity index is 2.12. The molecule has 1 aliphatic heterocycles. The highest BCUT2D eigenvalue weighted by atomic mass is 32.2. The summed E-state index contributed by atoms with van der Waals surface area (Å²) in [5.41, 5.74) is 1.93. The normalized spacial score (nSPS) is 21.5. The lowest BCUT2D eigenvalue weighted by molar-refractivity contribution is 0.292. The van der Waals surface area contributed by atoms with Crippen molar-refractivity contribution in [2.75, 3.05) is 20.1 Å². The lowest BCUT2D eigenvalue weighted by atomic mass is 10.1. The number of sulfonamides is 1. The van der Waals surface area contributed by atoms with Gasteiger partial charge in [0.1, 0.15) is 0 Å². The summed E-state index contributed by atoms with van der Waals surface area (Å²) in [6.45, 7) is 3.19. The van der Waals surface area contributed by atoms with Crippen LogP contribution in [-0.4, -0.2) is 38.9 Å². The zero-order valence-corrected chi connectivity index (χ0v) is 12.4. The molecule has 0 radical (unpaired) electrons. The smallest absolute Gasteiger partial charge is 0.218 e. The van der Waals surface area contributed by atoms with Crippen molar-refractivity contribution < 1.29 is 8.42 Å². The Kier molecular flexibility index (Phi) is 4.60. The van der Waals surface area contributed by atoms with Crippen LogP contribution in [-0.2, 0) is 15.8 Å². The Bertz CT molecular complexity index is 528. The fourth-order valence-electron chi connectivity index (χ4n) is 2.49. The van der Waals surface area contributed by atoms with Crippen LogP contribution in [0, 0.1) is 6.92 Å². The zero-order valence-electron chi connectivity index (χ0n) is 11.6. The maximum atomic E-state index is 12.5. The van der Waals surface area contributed by atoms with Gasteiger partial charge < -0.3 is 5.32 Å². The summed E-state index contributed by atoms with van der Waals surface area (Å²) in [6, 6.07) is 7.96. The van der Waals surface area contributed by atoms with E-state index < -0.39 is 10.0 Å². The minimum absolute atomic E-state index is 0.107. The monoisotopic (exact) mass is 282 g/mol. The van der Waals surface area contributed by atoms with Gasteiger partial charge in [0.2, 0.25) is 10.0 Å². The SMILES string of the molecule is CNC1CCCN(S(=O)(=O)Cc2ccccc2C)C1. The van der Waals surface area contributed by atoms with E-state index in [1.807, 2.05) is 38.2 Å². The lowest BCUT2D eigenvalue weighted by Gasteiger charge is -2.31. The van der Waals surface area contributed by atoms with E-state index in [2.05, 4.69) is 5.32 Å². The van der Waals surface area contributed by atoms with Gasteiger partial charge in [-0.05, 0) is 37.9 Å². The molecule has 1 aromatic carbocycles. The van der Waals surface area contributed by atoms with Crippen molar-refractivity contribution in [2.45, 2.75) is 31.6 Å². The predicted octanol–water partition coefficient (Wildman–Crippen LogP) is 1.51. The fraction of sp³-hybridized carbons (Fsp3) is 0.571. The first-order valence-electron chi connectivity index (χ1n) is 6.72. The molecule has 0 aliphatic carbocycles. The van der Waals surface area contributed by atoms with Crippen molar-refractivity contribution in [2.24, 2.45) is 0 Å². The van der Waals surface area contributed by atoms with Crippen LogP contribution in [0.5, 0.6) is 0 Å². The molecule has 0 amide bonds. The highest BCUT2D eigenvalue weighted by molar-refractivity contribution is 7.88. The van der Waals surface area contributed by atoms with Crippen LogP contribution in [0.15, 0.2) is 24.3 Å². The first-order valence-corrected chi connectivity index (χ1v) is 8.33. The third-order valence-corrected chi connectivity index (χ3v) is 5.58. The van der Waals surface area contributed by atoms with E-state index in [0.29, 0.717) is 13.1 Å². The van der Waals surface area contributed by atoms with Crippen LogP contribution in [0.3, 0.4) is 0 Å². The van der Waals surface area contributed by atoms with E-state index in [1.54, 1.807) is 4.31 Å². The van der Waals surface area contributed by atoms with Crippen LogP contribution in [0.25, 0.3) is 0 Å². The molecule has 0 aromatic heterocycles. The second kappa shape index (κ2) is 6.03. The van der Waals surface area contributed by atoms with Crippen LogP contribution in [0.4, 0.5) is 0 Å². The fourth-order valence-corrected chi connectivity index (χ4v) is 4.20. The van der Waals surface area contributed by atoms with Gasteiger partial charge in [0, 0.05) is 19.1 Å². The van der Waals surface area contributed by atoms with Gasteiger partial charge in [-0.3, -0.25) is 0 Å². The minimum atomic E-state index is -3.21. The summed E-state index contributed by atoms with van der Waals surface area (Å²) in [5, 5.41) is 3.18. The molecule has 0 saturated carbocycles. The molecule has 0 spiro atoms. The molecule has 1 saturated heterocycles. The summed E-state index contributed by atoms with van der Waals surface area (Å²) in [4.78, 5) is 0. The number of benzene rings is 1. The van der Waals surface area contributed by atoms with Gasteiger partial charge in [0.25, 0.3) is 0 Å². The summed E-state index contributed by atoms with van der Waals surface area (Å²) in [5.74, 6) is 0.107. The number of rotatable bonds is 4. The van der Waals surface area contributed by atoms with Gasteiger partial charge in [0.15, 0.2) is 0 Å². The van der Waals surface area contributed by atoms with E-state index >= 15 is 0 Å². The highest BCUT2D eigenvalue weighted by Gasteiger charge is 2.28. The van der Waals surface area contributed by atoms with Crippen molar-refractivity contribution in [3.63, 3.8) is 0 Å². The third kappa shape index (κ3) is 3.55. The van der Waals surface area contributed by atoms with Gasteiger partial charge in [0.05, 0.1) is 5.75 Å². The van der Waals surface area contributed by atoms with E-state index in [-0.39, 0.29) is 11.8 Å². The average molecular weight is 282 g/mol. The molecule has 19 heavy (non-hydrogen) atoms. The Hall–Kier alpha value is -0.910. The lowest BCUT2D eigenvalue weighted by Crippen LogP contribution is -2.47. The molecule has 1 atom stereocenters. The summed E-state index contributed by atoms with van der Waals surface area (Å²) < 4.78 is 26.6. The highest BCUT2D eigenvalue weighted by Crippen LogP contribution is 2.19. The van der Waals surface area contributed by atoms with Gasteiger partial charge in [-0.1, -0.05) is 24.3 Å². The van der Waals surface area contributed by atoms with E-state index in [1.165, 1.54) is 0 Å². The summed E-state index contributed by atoms with van der Waals surface area (Å²) in [7, 11) is -1.32. The second-order valence-corrected chi connectivity index (χ2v) is 7.14. The third-order valence-electron chi connectivity index (χ3n) is 3.78. The zero-order chi connectivity index (χ0) is 13.9. The predicted molar refractivity (Wildman–Crippen MR) is 77.5 cm³/mol. The standard InChI is InChI=1S/C14H22N2O2S/c1-12-6-3-4-7-13(12)11-19(17,18)16-9-5-8-14(10-16)15-2/h3-4,6-7,14-15H,5,8-11H2,1-2H3. The van der Waals surface area contributed by atoms with Gasteiger partial charge in [-0.15, -0.1) is 0 Å². The number of hydrogen-bond donors (Lipinski definition) is 1. The van der Waals surface area contributed by atoms with Crippen LogP contribution >= 0.6 is 0 Å². The first kappa shape index (κ1) is 14.5. The van der Waals surface area contributed by atoms with Crippen molar-refractivity contribution >= 4 is 10.0 Å². The molecule has 4 nitrogen and oxygen atoms in total. The molecule has 0 bridgehead atoms. The minimum Gasteiger partial charge on any atom is -0.316 e. The molecule has 1 aromatic rings. The van der Waals surface area contributed by atoms with E-state index in [4.69, 9.17) is 0 Å². The Labute approximate surface area is 115 Å². The second-order valence-electron chi connectivity index (χ2n) is 5.17. The molecule has 1 fully saturated rings. The topological polar surface area (TPSA) is 49.4 Å². The number of nitrogens with zero attached hydrogens (tertiary/aromatic N) is 1. The van der Waals surface area contributed by atoms with Crippen molar-refractivity contribution in [1.29, 1.82) is 0 Å². The molecular formula is C14H22N2O2S. The Morgan fingerprint density at radius 2 is 2.11 bits per heavy atom. The first-order chi connectivity index (χ1) is 9.03. The number of aryl methyl sites for hydroxylation is 1. The Morgan fingerprint density at radius 3 is 2.79 bits per heavy atom. The van der Waals surface area contributed by atoms with Gasteiger partial charge >= 0.3 is 0 Å². The molecule has 1 N–H and O–H groups in total. The van der Waals surface area contributed by atoms with Crippen molar-refractivity contribution in [3.05, 3.63) is 35.4 Å². The molecule has 1 unspecified atom stereocenters. The van der Waals surface area contributed by atoms with Crippen LogP contribution < -0.4 is 5.32 Å². The Morgan fingerprint density at radius 1 is 1.37 bits per heavy atom. The molecule has 1 heterocycles. The maximum absolute atomic E-state index is 12.5. The maximum Gasteiger partial charge on any atom is 0.218 e. The summed E-state index contributed by atoms with van der Waals surface area (Å²) in [6.07, 6.45) is 1.98. The summed E-state index contributed by atoms with van der Waals surface area (Å²) >= 11 is 0. The van der Waals surface area contributed by atoms with E-state index in [0.717, 1.165) is 24.0 Å². The average Bonchev–Trinajstić information content (AvgIpc) is 2.41. The number of nitrogens with one attached hydrogen (secondary N) is 1. The van der Waals surface area contributed by atoms with Gasteiger partial charge in [-0.2, -0.15) is 0 Å². The van der Waals surface area contributed by atoms with E-state index in [9.17, 15) is 8.42 Å². The largest absolute Gasteiger partial charge is 0.316 e. The number of piperidine rings is 1. The van der Waals surface area contributed by atoms with Crippen LogP contribution in [0.1, 0.15) is 24.0 Å². The number of hydrogen-bond acceptors (Lipinski definition) is 3. The molecule has 5 heteroatoms. The van der Waals surface area contributed by atoms with Crippen molar-refractivity contribution in [3.8, 4) is 0 Å². The quantitative estimate of drug-likeness (QED) is 0.910. The van der Waals surface area contributed by atoms with Crippen molar-refractivity contribution in [1.82, 2.24) is 9.62 Å².